The third-order valence-corrected chi connectivity index (χ3v) is 1.67. The van der Waals surface area contributed by atoms with Crippen LogP contribution in [-0.2, 0) is 0 Å². The fraction of sp³-hybridized carbons (Fsp3) is 0.111. The summed E-state index contributed by atoms with van der Waals surface area (Å²) in [5.41, 5.74) is -0.909. The lowest BCUT2D eigenvalue weighted by Gasteiger charge is -2.04. The number of hydrogen-bond acceptors (Lipinski definition) is 3. The molecule has 1 aromatic carbocycles. The van der Waals surface area contributed by atoms with Crippen molar-refractivity contribution in [3.63, 3.8) is 0 Å². The Morgan fingerprint density at radius 3 is 2.64 bits per heavy atom. The monoisotopic (exact) mass is 198 g/mol. The minimum absolute atomic E-state index is 0.130. The third-order valence-electron chi connectivity index (χ3n) is 1.67. The third kappa shape index (κ3) is 1.71. The normalized spacial score (nSPS) is 9.57. The summed E-state index contributed by atoms with van der Waals surface area (Å²) in [6, 6.07) is 2.15. The van der Waals surface area contributed by atoms with Crippen molar-refractivity contribution in [3.8, 4) is 5.75 Å². The number of benzene rings is 1. The number of aldehydes is 1. The lowest BCUT2D eigenvalue weighted by molar-refractivity contribution is 0.0691. The van der Waals surface area contributed by atoms with Gasteiger partial charge in [-0.25, -0.2) is 9.18 Å². The first kappa shape index (κ1) is 10.2. The van der Waals surface area contributed by atoms with Gasteiger partial charge in [-0.2, -0.15) is 0 Å². The van der Waals surface area contributed by atoms with E-state index < -0.39 is 17.3 Å². The number of carbonyl (C=O) groups is 2. The van der Waals surface area contributed by atoms with E-state index in [2.05, 4.69) is 0 Å². The van der Waals surface area contributed by atoms with Crippen LogP contribution in [0.2, 0.25) is 0 Å². The first-order valence-electron chi connectivity index (χ1n) is 3.66. The molecule has 0 atom stereocenters. The molecule has 0 bridgehead atoms. The molecule has 0 fully saturated rings. The first-order valence-corrected chi connectivity index (χ1v) is 3.66. The van der Waals surface area contributed by atoms with E-state index in [0.29, 0.717) is 0 Å². The van der Waals surface area contributed by atoms with E-state index in [-0.39, 0.29) is 17.6 Å². The van der Waals surface area contributed by atoms with Crippen LogP contribution >= 0.6 is 0 Å². The minimum Gasteiger partial charge on any atom is -0.497 e. The summed E-state index contributed by atoms with van der Waals surface area (Å²) in [6.45, 7) is 0. The van der Waals surface area contributed by atoms with Crippen LogP contribution in [0.25, 0.3) is 0 Å². The molecule has 0 aliphatic heterocycles. The van der Waals surface area contributed by atoms with Crippen molar-refractivity contribution in [3.05, 3.63) is 29.1 Å². The molecule has 5 heteroatoms. The first-order chi connectivity index (χ1) is 6.60. The van der Waals surface area contributed by atoms with Gasteiger partial charge in [0.05, 0.1) is 18.2 Å². The Morgan fingerprint density at radius 1 is 1.57 bits per heavy atom. The van der Waals surface area contributed by atoms with Gasteiger partial charge in [0.2, 0.25) is 0 Å². The van der Waals surface area contributed by atoms with Gasteiger partial charge >= 0.3 is 5.97 Å². The van der Waals surface area contributed by atoms with E-state index in [4.69, 9.17) is 9.84 Å². The number of aromatic carboxylic acids is 1. The van der Waals surface area contributed by atoms with Crippen molar-refractivity contribution in [1.29, 1.82) is 0 Å². The molecule has 0 aromatic heterocycles. The number of halogens is 1. The second kappa shape index (κ2) is 3.87. The van der Waals surface area contributed by atoms with E-state index in [1.165, 1.54) is 7.11 Å². The number of carbonyl (C=O) groups excluding carboxylic acids is 1. The smallest absolute Gasteiger partial charge is 0.338 e. The van der Waals surface area contributed by atoms with Crippen molar-refractivity contribution < 1.29 is 23.8 Å². The van der Waals surface area contributed by atoms with Crippen LogP contribution < -0.4 is 4.74 Å². The van der Waals surface area contributed by atoms with Crippen LogP contribution in [0.4, 0.5) is 4.39 Å². The number of hydrogen-bond donors (Lipinski definition) is 1. The van der Waals surface area contributed by atoms with E-state index in [1.54, 1.807) is 0 Å². The van der Waals surface area contributed by atoms with Crippen molar-refractivity contribution in [2.75, 3.05) is 7.11 Å². The molecule has 0 saturated heterocycles. The molecule has 1 aromatic rings. The highest BCUT2D eigenvalue weighted by molar-refractivity contribution is 5.91. The quantitative estimate of drug-likeness (QED) is 0.744. The second-order valence-corrected chi connectivity index (χ2v) is 2.50. The summed E-state index contributed by atoms with van der Waals surface area (Å²) in [5.74, 6) is -2.36. The summed E-state index contributed by atoms with van der Waals surface area (Å²) in [5, 5.41) is 8.59. The predicted octanol–water partition coefficient (Wildman–Crippen LogP) is 1.34. The molecular formula is C9H7FO4. The van der Waals surface area contributed by atoms with Crippen molar-refractivity contribution in [1.82, 2.24) is 0 Å². The maximum absolute atomic E-state index is 13.2. The van der Waals surface area contributed by atoms with Gasteiger partial charge in [0.25, 0.3) is 0 Å². The highest BCUT2D eigenvalue weighted by Crippen LogP contribution is 2.20. The maximum atomic E-state index is 13.2. The summed E-state index contributed by atoms with van der Waals surface area (Å²) in [6.07, 6.45) is 0.240. The molecule has 1 N–H and O–H groups in total. The summed E-state index contributed by atoms with van der Waals surface area (Å²) in [7, 11) is 1.30. The fourth-order valence-electron chi connectivity index (χ4n) is 0.979. The van der Waals surface area contributed by atoms with E-state index in [1.807, 2.05) is 0 Å². The number of carboxylic acid groups (broad SMARTS) is 1. The Morgan fingerprint density at radius 2 is 2.21 bits per heavy atom. The maximum Gasteiger partial charge on any atom is 0.338 e. The molecule has 0 saturated carbocycles. The number of rotatable bonds is 3. The Balaban J connectivity index is 3.41. The van der Waals surface area contributed by atoms with E-state index in [0.717, 1.165) is 12.1 Å². The highest BCUT2D eigenvalue weighted by Gasteiger charge is 2.16. The molecule has 4 nitrogen and oxygen atoms in total. The van der Waals surface area contributed by atoms with Crippen molar-refractivity contribution in [2.45, 2.75) is 0 Å². The van der Waals surface area contributed by atoms with E-state index in [9.17, 15) is 14.0 Å². The molecule has 14 heavy (non-hydrogen) atoms. The summed E-state index contributed by atoms with van der Waals surface area (Å²) < 4.78 is 17.9. The van der Waals surface area contributed by atoms with Crippen LogP contribution in [0.3, 0.4) is 0 Å². The van der Waals surface area contributed by atoms with E-state index >= 15 is 0 Å². The van der Waals surface area contributed by atoms with Crippen LogP contribution in [-0.4, -0.2) is 24.5 Å². The Bertz CT molecular complexity index is 387. The van der Waals surface area contributed by atoms with Crippen LogP contribution in [0.1, 0.15) is 20.7 Å². The molecule has 0 radical (unpaired) electrons. The molecule has 0 aliphatic rings. The number of carboxylic acids is 1. The fourth-order valence-corrected chi connectivity index (χ4v) is 0.979. The molecule has 1 rings (SSSR count). The van der Waals surface area contributed by atoms with Crippen LogP contribution in [0.5, 0.6) is 5.75 Å². The van der Waals surface area contributed by atoms with Gasteiger partial charge in [0.1, 0.15) is 11.6 Å². The molecule has 0 amide bonds. The Kier molecular flexibility index (Phi) is 2.81. The molecule has 74 valence electrons. The van der Waals surface area contributed by atoms with Gasteiger partial charge in [-0.15, -0.1) is 0 Å². The largest absolute Gasteiger partial charge is 0.497 e. The van der Waals surface area contributed by atoms with Gasteiger partial charge < -0.3 is 9.84 Å². The zero-order valence-electron chi connectivity index (χ0n) is 7.28. The van der Waals surface area contributed by atoms with Gasteiger partial charge in [0.15, 0.2) is 6.29 Å². The standard InChI is InChI=1S/C9H7FO4/c1-14-6-2-5(4-11)8(10)7(3-6)9(12)13/h2-4H,1H3,(H,12,13). The Labute approximate surface area is 78.9 Å². The lowest BCUT2D eigenvalue weighted by Crippen LogP contribution is -2.04. The average Bonchev–Trinajstić information content (AvgIpc) is 2.17. The SMILES string of the molecule is COc1cc(C=O)c(F)c(C(=O)O)c1. The van der Waals surface area contributed by atoms with Crippen molar-refractivity contribution in [2.24, 2.45) is 0 Å². The molecule has 0 aliphatic carbocycles. The highest BCUT2D eigenvalue weighted by atomic mass is 19.1. The number of ether oxygens (including phenoxy) is 1. The molecule has 0 spiro atoms. The lowest BCUT2D eigenvalue weighted by atomic mass is 10.1. The second-order valence-electron chi connectivity index (χ2n) is 2.50. The van der Waals surface area contributed by atoms with Gasteiger partial charge in [-0.05, 0) is 12.1 Å². The van der Waals surface area contributed by atoms with Gasteiger partial charge in [0, 0.05) is 0 Å². The molecular weight excluding hydrogens is 191 g/mol. The van der Waals surface area contributed by atoms with Crippen LogP contribution in [0, 0.1) is 5.82 Å². The molecule has 0 heterocycles. The topological polar surface area (TPSA) is 63.6 Å². The summed E-state index contributed by atoms with van der Waals surface area (Å²) >= 11 is 0. The predicted molar refractivity (Wildman–Crippen MR) is 45.3 cm³/mol. The van der Waals surface area contributed by atoms with Gasteiger partial charge in [-0.1, -0.05) is 0 Å². The van der Waals surface area contributed by atoms with Gasteiger partial charge in [-0.3, -0.25) is 4.79 Å². The zero-order valence-corrected chi connectivity index (χ0v) is 7.28. The molecule has 0 unspecified atom stereocenters. The summed E-state index contributed by atoms with van der Waals surface area (Å²) in [4.78, 5) is 20.9. The minimum atomic E-state index is -1.44. The van der Waals surface area contributed by atoms with Crippen molar-refractivity contribution >= 4 is 12.3 Å². The average molecular weight is 198 g/mol. The zero-order chi connectivity index (χ0) is 10.7. The van der Waals surface area contributed by atoms with Crippen LogP contribution in [0.15, 0.2) is 12.1 Å². The number of methoxy groups -OCH3 is 1. The Hall–Kier alpha value is -1.91.